The molecule has 0 bridgehead atoms. The maximum absolute atomic E-state index is 9.55. The highest BCUT2D eigenvalue weighted by Gasteiger charge is 2.26. The fourth-order valence-corrected chi connectivity index (χ4v) is 3.98. The summed E-state index contributed by atoms with van der Waals surface area (Å²) >= 11 is 0. The topological polar surface area (TPSA) is 44.5 Å². The predicted octanol–water partition coefficient (Wildman–Crippen LogP) is 2.94. The third-order valence-corrected chi connectivity index (χ3v) is 5.49. The third-order valence-electron chi connectivity index (χ3n) is 5.49. The zero-order valence-corrected chi connectivity index (χ0v) is 16.2. The second-order valence-electron chi connectivity index (χ2n) is 7.47. The molecule has 2 aromatic carbocycles. The normalized spacial score (nSPS) is 18.4. The van der Waals surface area contributed by atoms with Gasteiger partial charge in [-0.25, -0.2) is 4.68 Å². The van der Waals surface area contributed by atoms with E-state index in [1.54, 1.807) is 6.20 Å². The SMILES string of the molecule is OCCC1CN(Cc2ccc(-n3cccn3)cc2)CCN1Cc1ccccc1. The Balaban J connectivity index is 1.37. The number of aromatic nitrogens is 2. The molecular formula is C23H28N4O. The number of rotatable bonds is 7. The average molecular weight is 377 g/mol. The van der Waals surface area contributed by atoms with E-state index in [-0.39, 0.29) is 6.61 Å². The number of aliphatic hydroxyl groups excluding tert-OH is 1. The lowest BCUT2D eigenvalue weighted by molar-refractivity contribution is 0.0500. The van der Waals surface area contributed by atoms with E-state index in [4.69, 9.17) is 0 Å². The van der Waals surface area contributed by atoms with E-state index in [2.05, 4.69) is 69.5 Å². The summed E-state index contributed by atoms with van der Waals surface area (Å²) in [6, 6.07) is 21.6. The smallest absolute Gasteiger partial charge is 0.0645 e. The minimum absolute atomic E-state index is 0.238. The molecule has 4 rings (SSSR count). The van der Waals surface area contributed by atoms with Crippen LogP contribution in [0.5, 0.6) is 0 Å². The van der Waals surface area contributed by atoms with Gasteiger partial charge in [-0.2, -0.15) is 5.10 Å². The van der Waals surface area contributed by atoms with Crippen molar-refractivity contribution in [3.8, 4) is 5.69 Å². The molecule has 0 amide bonds. The van der Waals surface area contributed by atoms with Gasteiger partial charge in [-0.05, 0) is 35.7 Å². The Morgan fingerprint density at radius 1 is 0.893 bits per heavy atom. The molecule has 2 heterocycles. The monoisotopic (exact) mass is 376 g/mol. The van der Waals surface area contributed by atoms with Gasteiger partial charge in [-0.1, -0.05) is 42.5 Å². The Morgan fingerprint density at radius 3 is 2.39 bits per heavy atom. The van der Waals surface area contributed by atoms with Crippen LogP contribution in [0.1, 0.15) is 17.5 Å². The molecule has 146 valence electrons. The lowest BCUT2D eigenvalue weighted by Gasteiger charge is -2.41. The number of nitrogens with zero attached hydrogens (tertiary/aromatic N) is 4. The largest absolute Gasteiger partial charge is 0.396 e. The first-order valence-corrected chi connectivity index (χ1v) is 10.0. The molecule has 28 heavy (non-hydrogen) atoms. The van der Waals surface area contributed by atoms with Crippen molar-refractivity contribution in [2.75, 3.05) is 26.2 Å². The van der Waals surface area contributed by atoms with Crippen LogP contribution in [0.25, 0.3) is 5.69 Å². The van der Waals surface area contributed by atoms with E-state index < -0.39 is 0 Å². The van der Waals surface area contributed by atoms with Gasteiger partial charge < -0.3 is 5.11 Å². The van der Waals surface area contributed by atoms with Gasteiger partial charge in [0, 0.05) is 57.8 Å². The Labute approximate surface area is 166 Å². The summed E-state index contributed by atoms with van der Waals surface area (Å²) in [7, 11) is 0. The number of benzene rings is 2. The summed E-state index contributed by atoms with van der Waals surface area (Å²) in [5.41, 5.74) is 3.74. The van der Waals surface area contributed by atoms with Crippen molar-refractivity contribution < 1.29 is 5.11 Å². The second kappa shape index (κ2) is 9.15. The summed E-state index contributed by atoms with van der Waals surface area (Å²) < 4.78 is 1.88. The highest BCUT2D eigenvalue weighted by molar-refractivity contribution is 5.33. The molecule has 5 heteroatoms. The minimum Gasteiger partial charge on any atom is -0.396 e. The van der Waals surface area contributed by atoms with Crippen molar-refractivity contribution in [2.24, 2.45) is 0 Å². The molecule has 1 atom stereocenters. The van der Waals surface area contributed by atoms with Crippen LogP contribution in [0, 0.1) is 0 Å². The summed E-state index contributed by atoms with van der Waals surface area (Å²) in [5.74, 6) is 0. The first-order chi connectivity index (χ1) is 13.8. The molecule has 0 spiro atoms. The van der Waals surface area contributed by atoms with Crippen molar-refractivity contribution >= 4 is 0 Å². The van der Waals surface area contributed by atoms with Crippen molar-refractivity contribution in [3.05, 3.63) is 84.2 Å². The number of piperazine rings is 1. The number of aliphatic hydroxyl groups is 1. The van der Waals surface area contributed by atoms with E-state index in [1.807, 2.05) is 16.9 Å². The fraction of sp³-hybridized carbons (Fsp3) is 0.348. The quantitative estimate of drug-likeness (QED) is 0.689. The van der Waals surface area contributed by atoms with Crippen LogP contribution in [0.3, 0.4) is 0 Å². The van der Waals surface area contributed by atoms with Gasteiger partial charge >= 0.3 is 0 Å². The van der Waals surface area contributed by atoms with Crippen LogP contribution in [0.15, 0.2) is 73.1 Å². The first kappa shape index (κ1) is 18.9. The summed E-state index contributed by atoms with van der Waals surface area (Å²) in [4.78, 5) is 5.02. The number of hydrogen-bond acceptors (Lipinski definition) is 4. The molecule has 1 N–H and O–H groups in total. The van der Waals surface area contributed by atoms with Crippen molar-refractivity contribution in [1.29, 1.82) is 0 Å². The molecule has 3 aromatic rings. The van der Waals surface area contributed by atoms with Crippen LogP contribution >= 0.6 is 0 Å². The summed E-state index contributed by atoms with van der Waals surface area (Å²) in [5, 5.41) is 13.8. The highest BCUT2D eigenvalue weighted by Crippen LogP contribution is 2.19. The Bertz CT molecular complexity index is 833. The van der Waals surface area contributed by atoms with Gasteiger partial charge in [0.1, 0.15) is 0 Å². The molecule has 0 aliphatic carbocycles. The van der Waals surface area contributed by atoms with E-state index in [0.717, 1.165) is 44.8 Å². The second-order valence-corrected chi connectivity index (χ2v) is 7.47. The van der Waals surface area contributed by atoms with Crippen LogP contribution in [0.2, 0.25) is 0 Å². The molecule has 1 aromatic heterocycles. The third kappa shape index (κ3) is 4.68. The van der Waals surface area contributed by atoms with Crippen LogP contribution in [0.4, 0.5) is 0 Å². The van der Waals surface area contributed by atoms with Crippen LogP contribution < -0.4 is 0 Å². The molecule has 1 aliphatic heterocycles. The molecule has 0 radical (unpaired) electrons. The standard InChI is InChI=1S/C23H28N4O/c28-16-11-23-19-25(14-15-26(23)18-20-5-2-1-3-6-20)17-21-7-9-22(10-8-21)27-13-4-12-24-27/h1-10,12-13,23,28H,11,14-19H2. The molecule has 0 saturated carbocycles. The zero-order valence-electron chi connectivity index (χ0n) is 16.2. The average Bonchev–Trinajstić information content (AvgIpc) is 3.26. The van der Waals surface area contributed by atoms with Crippen molar-refractivity contribution in [3.63, 3.8) is 0 Å². The molecule has 5 nitrogen and oxygen atoms in total. The molecule has 1 aliphatic rings. The van der Waals surface area contributed by atoms with E-state index >= 15 is 0 Å². The van der Waals surface area contributed by atoms with Crippen molar-refractivity contribution in [1.82, 2.24) is 19.6 Å². The zero-order chi connectivity index (χ0) is 19.2. The fourth-order valence-electron chi connectivity index (χ4n) is 3.98. The lowest BCUT2D eigenvalue weighted by atomic mass is 10.1. The van der Waals surface area contributed by atoms with Crippen molar-refractivity contribution in [2.45, 2.75) is 25.6 Å². The minimum atomic E-state index is 0.238. The van der Waals surface area contributed by atoms with E-state index in [1.165, 1.54) is 11.1 Å². The maximum Gasteiger partial charge on any atom is 0.0645 e. The van der Waals surface area contributed by atoms with Gasteiger partial charge in [0.25, 0.3) is 0 Å². The summed E-state index contributed by atoms with van der Waals surface area (Å²) in [6.07, 6.45) is 4.58. The highest BCUT2D eigenvalue weighted by atomic mass is 16.3. The molecule has 1 unspecified atom stereocenters. The van der Waals surface area contributed by atoms with Crippen LogP contribution in [-0.4, -0.2) is 57.0 Å². The van der Waals surface area contributed by atoms with Gasteiger partial charge in [0.15, 0.2) is 0 Å². The maximum atomic E-state index is 9.55. The number of hydrogen-bond donors (Lipinski definition) is 1. The van der Waals surface area contributed by atoms with Gasteiger partial charge in [-0.15, -0.1) is 0 Å². The molecular weight excluding hydrogens is 348 g/mol. The Hall–Kier alpha value is -2.47. The first-order valence-electron chi connectivity index (χ1n) is 10.0. The predicted molar refractivity (Wildman–Crippen MR) is 111 cm³/mol. The van der Waals surface area contributed by atoms with E-state index in [9.17, 15) is 5.11 Å². The van der Waals surface area contributed by atoms with Gasteiger partial charge in [-0.3, -0.25) is 9.80 Å². The lowest BCUT2D eigenvalue weighted by Crippen LogP contribution is -2.52. The van der Waals surface area contributed by atoms with E-state index in [0.29, 0.717) is 6.04 Å². The summed E-state index contributed by atoms with van der Waals surface area (Å²) in [6.45, 7) is 5.22. The van der Waals surface area contributed by atoms with Crippen LogP contribution in [-0.2, 0) is 13.1 Å². The van der Waals surface area contributed by atoms with Gasteiger partial charge in [0.05, 0.1) is 5.69 Å². The van der Waals surface area contributed by atoms with Gasteiger partial charge in [0.2, 0.25) is 0 Å². The Kier molecular flexibility index (Phi) is 6.17. The molecule has 1 fully saturated rings. The Morgan fingerprint density at radius 2 is 1.68 bits per heavy atom. The molecule has 1 saturated heterocycles.